The maximum Gasteiger partial charge on any atom is 0.342 e. The highest BCUT2D eigenvalue weighted by Gasteiger charge is 2.02. The van der Waals surface area contributed by atoms with Gasteiger partial charge in [-0.15, -0.1) is 0 Å². The smallest absolute Gasteiger partial charge is 0.342 e. The van der Waals surface area contributed by atoms with Crippen molar-refractivity contribution in [3.63, 3.8) is 0 Å². The number of carbonyl (C=O) groups is 1. The van der Waals surface area contributed by atoms with Crippen molar-refractivity contribution < 1.29 is 9.53 Å². The van der Waals surface area contributed by atoms with Gasteiger partial charge in [-0.25, -0.2) is 4.79 Å². The van der Waals surface area contributed by atoms with Crippen LogP contribution < -0.4 is 0 Å². The van der Waals surface area contributed by atoms with Crippen LogP contribution >= 0.6 is 0 Å². The standard InChI is InChI=1S/C10H7NO2/c11-7-4-8-13-10(12)9-5-2-1-3-6-9/h1-6,8H. The van der Waals surface area contributed by atoms with Crippen LogP contribution in [0.4, 0.5) is 0 Å². The summed E-state index contributed by atoms with van der Waals surface area (Å²) in [6.07, 6.45) is 2.16. The molecule has 0 aromatic heterocycles. The van der Waals surface area contributed by atoms with Gasteiger partial charge in [-0.3, -0.25) is 0 Å². The minimum atomic E-state index is -0.466. The van der Waals surface area contributed by atoms with Crippen LogP contribution in [0.25, 0.3) is 0 Å². The highest BCUT2D eigenvalue weighted by atomic mass is 16.5. The van der Waals surface area contributed by atoms with Gasteiger partial charge in [0.2, 0.25) is 0 Å². The molecule has 0 aliphatic rings. The highest BCUT2D eigenvalue weighted by molar-refractivity contribution is 5.89. The molecule has 1 rings (SSSR count). The molecule has 0 saturated heterocycles. The van der Waals surface area contributed by atoms with E-state index in [1.165, 1.54) is 0 Å². The summed E-state index contributed by atoms with van der Waals surface area (Å²) in [4.78, 5) is 11.1. The maximum absolute atomic E-state index is 11.1. The maximum atomic E-state index is 11.1. The lowest BCUT2D eigenvalue weighted by Crippen LogP contribution is -1.99. The van der Waals surface area contributed by atoms with Crippen LogP contribution in [0.5, 0.6) is 0 Å². The van der Waals surface area contributed by atoms with Crippen molar-refractivity contribution in [3.05, 3.63) is 48.2 Å². The van der Waals surface area contributed by atoms with E-state index in [-0.39, 0.29) is 0 Å². The first kappa shape index (κ1) is 9.01. The lowest BCUT2D eigenvalue weighted by molar-refractivity contribution is 0.0663. The predicted octanol–water partition coefficient (Wildman–Crippen LogP) is 1.88. The summed E-state index contributed by atoms with van der Waals surface area (Å²) in [5, 5.41) is 8.12. The minimum Gasteiger partial charge on any atom is -0.430 e. The van der Waals surface area contributed by atoms with Crippen molar-refractivity contribution in [2.24, 2.45) is 0 Å². The molecule has 0 aliphatic carbocycles. The molecule has 0 spiro atoms. The van der Waals surface area contributed by atoms with Gasteiger partial charge in [0.25, 0.3) is 0 Å². The largest absolute Gasteiger partial charge is 0.430 e. The zero-order chi connectivity index (χ0) is 9.52. The molecule has 0 saturated carbocycles. The summed E-state index contributed by atoms with van der Waals surface area (Å²) in [6.45, 7) is 0. The Hall–Kier alpha value is -2.08. The third-order valence-electron chi connectivity index (χ3n) is 1.33. The second kappa shape index (κ2) is 4.73. The average Bonchev–Trinajstić information content (AvgIpc) is 2.19. The Kier molecular flexibility index (Phi) is 3.28. The molecule has 0 heterocycles. The molecule has 0 radical (unpaired) electrons. The van der Waals surface area contributed by atoms with Crippen molar-refractivity contribution in [1.29, 1.82) is 5.26 Å². The van der Waals surface area contributed by atoms with Gasteiger partial charge < -0.3 is 4.74 Å². The number of ether oxygens (including phenoxy) is 1. The van der Waals surface area contributed by atoms with Crippen LogP contribution in [0, 0.1) is 11.3 Å². The summed E-state index contributed by atoms with van der Waals surface area (Å²) < 4.78 is 4.63. The Labute approximate surface area is 75.9 Å². The predicted molar refractivity (Wildman–Crippen MR) is 46.6 cm³/mol. The van der Waals surface area contributed by atoms with E-state index in [0.29, 0.717) is 5.56 Å². The molecule has 0 fully saturated rings. The fraction of sp³-hybridized carbons (Fsp3) is 0. The molecule has 0 N–H and O–H groups in total. The number of hydrogen-bond acceptors (Lipinski definition) is 3. The van der Waals surface area contributed by atoms with Crippen LogP contribution in [0.1, 0.15) is 10.4 Å². The van der Waals surface area contributed by atoms with E-state index in [1.807, 2.05) is 6.07 Å². The lowest BCUT2D eigenvalue weighted by Gasteiger charge is -1.96. The Bertz CT molecular complexity index is 349. The number of carbonyl (C=O) groups excluding carboxylic acids is 1. The molecule has 0 atom stereocenters. The minimum absolute atomic E-state index is 0.463. The van der Waals surface area contributed by atoms with Gasteiger partial charge >= 0.3 is 5.97 Å². The van der Waals surface area contributed by atoms with Crippen molar-refractivity contribution >= 4 is 5.97 Å². The third-order valence-corrected chi connectivity index (χ3v) is 1.33. The molecule has 13 heavy (non-hydrogen) atoms. The average molecular weight is 173 g/mol. The summed E-state index contributed by atoms with van der Waals surface area (Å²) in [6, 6.07) is 10.3. The van der Waals surface area contributed by atoms with Crippen LogP contribution in [0.3, 0.4) is 0 Å². The number of nitriles is 1. The Balaban J connectivity index is 2.61. The van der Waals surface area contributed by atoms with Crippen molar-refractivity contribution in [2.75, 3.05) is 0 Å². The fourth-order valence-electron chi connectivity index (χ4n) is 0.769. The van der Waals surface area contributed by atoms with Gasteiger partial charge in [0.15, 0.2) is 0 Å². The van der Waals surface area contributed by atoms with E-state index in [2.05, 4.69) is 4.74 Å². The molecule has 0 aliphatic heterocycles. The second-order valence-corrected chi connectivity index (χ2v) is 2.20. The normalized spacial score (nSPS) is 9.46. The monoisotopic (exact) mass is 173 g/mol. The van der Waals surface area contributed by atoms with E-state index >= 15 is 0 Å². The molecule has 1 aromatic rings. The summed E-state index contributed by atoms with van der Waals surface area (Å²) >= 11 is 0. The number of benzene rings is 1. The Morgan fingerprint density at radius 2 is 2.08 bits per heavy atom. The first-order valence-electron chi connectivity index (χ1n) is 3.65. The van der Waals surface area contributed by atoms with Gasteiger partial charge in [0.05, 0.1) is 17.7 Å². The van der Waals surface area contributed by atoms with Gasteiger partial charge in [-0.05, 0) is 12.1 Å². The summed E-state index contributed by atoms with van der Waals surface area (Å²) in [7, 11) is 0. The highest BCUT2D eigenvalue weighted by Crippen LogP contribution is 2.00. The SMILES string of the molecule is N#CC=COC(=O)c1ccccc1. The zero-order valence-electron chi connectivity index (χ0n) is 6.81. The van der Waals surface area contributed by atoms with Crippen molar-refractivity contribution in [3.8, 4) is 6.07 Å². The van der Waals surface area contributed by atoms with E-state index in [0.717, 1.165) is 12.3 Å². The number of nitrogens with zero attached hydrogens (tertiary/aromatic N) is 1. The van der Waals surface area contributed by atoms with Gasteiger partial charge in [-0.2, -0.15) is 5.26 Å². The number of rotatable bonds is 2. The van der Waals surface area contributed by atoms with Crippen LogP contribution in [0.2, 0.25) is 0 Å². The Morgan fingerprint density at radius 1 is 1.38 bits per heavy atom. The van der Waals surface area contributed by atoms with Gasteiger partial charge in [0, 0.05) is 0 Å². The number of esters is 1. The molecule has 0 bridgehead atoms. The topological polar surface area (TPSA) is 50.1 Å². The van der Waals surface area contributed by atoms with E-state index in [4.69, 9.17) is 5.26 Å². The first-order valence-corrected chi connectivity index (χ1v) is 3.65. The van der Waals surface area contributed by atoms with Crippen LogP contribution in [-0.4, -0.2) is 5.97 Å². The van der Waals surface area contributed by atoms with E-state index in [1.54, 1.807) is 30.3 Å². The quantitative estimate of drug-likeness (QED) is 0.389. The van der Waals surface area contributed by atoms with Crippen LogP contribution in [-0.2, 0) is 4.74 Å². The molecule has 0 amide bonds. The zero-order valence-corrected chi connectivity index (χ0v) is 6.81. The molecular formula is C10H7NO2. The van der Waals surface area contributed by atoms with Gasteiger partial charge in [-0.1, -0.05) is 18.2 Å². The number of allylic oxidation sites excluding steroid dienone is 1. The first-order chi connectivity index (χ1) is 6.34. The van der Waals surface area contributed by atoms with E-state index < -0.39 is 5.97 Å². The molecular weight excluding hydrogens is 166 g/mol. The molecule has 64 valence electrons. The third kappa shape index (κ3) is 2.80. The second-order valence-electron chi connectivity index (χ2n) is 2.20. The Morgan fingerprint density at radius 3 is 2.69 bits per heavy atom. The van der Waals surface area contributed by atoms with Gasteiger partial charge in [0.1, 0.15) is 6.26 Å². The van der Waals surface area contributed by atoms with E-state index in [9.17, 15) is 4.79 Å². The number of hydrogen-bond donors (Lipinski definition) is 0. The lowest BCUT2D eigenvalue weighted by atomic mass is 10.2. The summed E-state index contributed by atoms with van der Waals surface area (Å²) in [5.41, 5.74) is 0.463. The van der Waals surface area contributed by atoms with Crippen molar-refractivity contribution in [1.82, 2.24) is 0 Å². The summed E-state index contributed by atoms with van der Waals surface area (Å²) in [5.74, 6) is -0.466. The molecule has 0 unspecified atom stereocenters. The molecule has 1 aromatic carbocycles. The van der Waals surface area contributed by atoms with Crippen molar-refractivity contribution in [2.45, 2.75) is 0 Å². The molecule has 3 nitrogen and oxygen atoms in total. The molecule has 3 heteroatoms. The van der Waals surface area contributed by atoms with Crippen LogP contribution in [0.15, 0.2) is 42.7 Å². The fourth-order valence-corrected chi connectivity index (χ4v) is 0.769.